The number of nitrogens with one attached hydrogen (secondary N) is 2. The van der Waals surface area contributed by atoms with Crippen LogP contribution in [-0.2, 0) is 22.4 Å². The molecule has 0 fully saturated rings. The third kappa shape index (κ3) is 11.4. The Balaban J connectivity index is 0.000000256. The molecule has 0 aromatic heterocycles. The molecule has 2 amide bonds. The molecule has 6 nitrogen and oxygen atoms in total. The van der Waals surface area contributed by atoms with Crippen LogP contribution in [0.3, 0.4) is 0 Å². The Morgan fingerprint density at radius 3 is 1.45 bits per heavy atom. The number of para-hydroxylation sites is 1. The van der Waals surface area contributed by atoms with Crippen molar-refractivity contribution in [1.82, 2.24) is 0 Å². The number of Topliss-reactive ketones (excluding diaryl/α,β-unsaturated/α-hetero) is 2. The molecular formula is C34H27ClF6N2O4. The van der Waals surface area contributed by atoms with Crippen LogP contribution in [0.1, 0.15) is 44.7 Å². The van der Waals surface area contributed by atoms with Gasteiger partial charge in [0.2, 0.25) is 11.8 Å². The molecule has 0 saturated carbocycles. The molecule has 0 radical (unpaired) electrons. The number of halogens is 7. The van der Waals surface area contributed by atoms with Crippen molar-refractivity contribution in [2.45, 2.75) is 38.0 Å². The second-order valence-corrected chi connectivity index (χ2v) is 10.3. The van der Waals surface area contributed by atoms with E-state index in [-0.39, 0.29) is 29.2 Å². The van der Waals surface area contributed by atoms with E-state index in [0.29, 0.717) is 12.8 Å². The average Bonchev–Trinajstić information content (AvgIpc) is 3.03. The van der Waals surface area contributed by atoms with E-state index in [2.05, 4.69) is 10.6 Å². The van der Waals surface area contributed by atoms with Gasteiger partial charge in [-0.15, -0.1) is 0 Å². The Kier molecular flexibility index (Phi) is 12.9. The summed E-state index contributed by atoms with van der Waals surface area (Å²) in [5, 5.41) is 4.34. The van der Waals surface area contributed by atoms with Crippen molar-refractivity contribution < 1.29 is 45.5 Å². The van der Waals surface area contributed by atoms with Gasteiger partial charge in [0.1, 0.15) is 0 Å². The lowest BCUT2D eigenvalue weighted by Crippen LogP contribution is -2.25. The summed E-state index contributed by atoms with van der Waals surface area (Å²) in [5.41, 5.74) is 0.177. The summed E-state index contributed by atoms with van der Waals surface area (Å²) in [7, 11) is 0. The molecule has 0 unspecified atom stereocenters. The number of carbonyl (C=O) groups excluding carboxylic acids is 4. The predicted octanol–water partition coefficient (Wildman–Crippen LogP) is 8.66. The zero-order valence-electron chi connectivity index (χ0n) is 24.4. The molecule has 0 atom stereocenters. The quantitative estimate of drug-likeness (QED) is 0.130. The first kappa shape index (κ1) is 36.5. The number of benzene rings is 4. The van der Waals surface area contributed by atoms with E-state index in [4.69, 9.17) is 11.6 Å². The maximum absolute atomic E-state index is 12.7. The van der Waals surface area contributed by atoms with Crippen molar-refractivity contribution >= 4 is 46.4 Å². The minimum Gasteiger partial charge on any atom is -0.325 e. The summed E-state index contributed by atoms with van der Waals surface area (Å²) in [4.78, 5) is 46.8. The smallest absolute Gasteiger partial charge is 0.325 e. The molecular weight excluding hydrogens is 650 g/mol. The highest BCUT2D eigenvalue weighted by Gasteiger charge is 2.42. The first-order valence-corrected chi connectivity index (χ1v) is 14.3. The van der Waals surface area contributed by atoms with Gasteiger partial charge in [0.15, 0.2) is 0 Å². The van der Waals surface area contributed by atoms with E-state index in [1.807, 2.05) is 60.7 Å². The summed E-state index contributed by atoms with van der Waals surface area (Å²) in [6, 6.07) is 27.2. The van der Waals surface area contributed by atoms with Gasteiger partial charge in [-0.2, -0.15) is 26.3 Å². The highest BCUT2D eigenvalue weighted by molar-refractivity contribution is 6.35. The zero-order valence-corrected chi connectivity index (χ0v) is 25.2. The van der Waals surface area contributed by atoms with E-state index in [1.165, 1.54) is 36.4 Å². The molecule has 0 saturated heterocycles. The van der Waals surface area contributed by atoms with Gasteiger partial charge in [-0.1, -0.05) is 90.5 Å². The molecule has 4 aromatic carbocycles. The molecule has 47 heavy (non-hydrogen) atoms. The zero-order chi connectivity index (χ0) is 34.6. The van der Waals surface area contributed by atoms with Crippen molar-refractivity contribution in [1.29, 1.82) is 0 Å². The number of ketones is 2. The third-order valence-electron chi connectivity index (χ3n) is 6.44. The largest absolute Gasteiger partial charge is 0.455 e. The fraction of sp³-hybridized carbons (Fsp3) is 0.176. The van der Waals surface area contributed by atoms with Crippen molar-refractivity contribution in [2.24, 2.45) is 0 Å². The first-order valence-electron chi connectivity index (χ1n) is 13.9. The van der Waals surface area contributed by atoms with Crippen LogP contribution >= 0.6 is 11.6 Å². The summed E-state index contributed by atoms with van der Waals surface area (Å²) in [6.07, 6.45) is -8.99. The van der Waals surface area contributed by atoms with Crippen LogP contribution in [0.2, 0.25) is 5.02 Å². The molecule has 0 bridgehead atoms. The molecule has 4 aromatic rings. The van der Waals surface area contributed by atoms with Gasteiger partial charge < -0.3 is 10.6 Å². The average molecular weight is 677 g/mol. The molecule has 2 N–H and O–H groups in total. The number of alkyl halides is 6. The minimum absolute atomic E-state index is 0.0656. The second kappa shape index (κ2) is 16.5. The second-order valence-electron chi connectivity index (χ2n) is 9.93. The van der Waals surface area contributed by atoms with E-state index < -0.39 is 46.9 Å². The van der Waals surface area contributed by atoms with Crippen molar-refractivity contribution in [3.05, 3.63) is 130 Å². The van der Waals surface area contributed by atoms with Gasteiger partial charge >= 0.3 is 12.4 Å². The van der Waals surface area contributed by atoms with E-state index in [9.17, 15) is 45.5 Å². The Hall–Kier alpha value is -4.97. The number of amides is 2. The molecule has 246 valence electrons. The number of anilines is 2. The van der Waals surface area contributed by atoms with Crippen LogP contribution in [-0.4, -0.2) is 35.7 Å². The van der Waals surface area contributed by atoms with Crippen molar-refractivity contribution in [3.63, 3.8) is 0 Å². The summed E-state index contributed by atoms with van der Waals surface area (Å²) in [5.74, 6) is -5.02. The van der Waals surface area contributed by atoms with Gasteiger partial charge in [-0.25, -0.2) is 0 Å². The third-order valence-corrected chi connectivity index (χ3v) is 6.76. The van der Waals surface area contributed by atoms with E-state index >= 15 is 0 Å². The number of hydrogen-bond acceptors (Lipinski definition) is 4. The molecule has 0 aliphatic rings. The van der Waals surface area contributed by atoms with Gasteiger partial charge in [0, 0.05) is 12.8 Å². The van der Waals surface area contributed by atoms with Crippen molar-refractivity contribution in [2.75, 3.05) is 10.6 Å². The van der Waals surface area contributed by atoms with E-state index in [1.54, 1.807) is 0 Å². The van der Waals surface area contributed by atoms with Gasteiger partial charge in [-0.3, -0.25) is 19.2 Å². The van der Waals surface area contributed by atoms with Gasteiger partial charge in [0.25, 0.3) is 11.6 Å². The van der Waals surface area contributed by atoms with Crippen LogP contribution in [0.5, 0.6) is 0 Å². The summed E-state index contributed by atoms with van der Waals surface area (Å²) >= 11 is 5.71. The lowest BCUT2D eigenvalue weighted by molar-refractivity contribution is -0.117. The SMILES string of the molecule is O=C(CCc1ccccc1)Nc1cccc(Cl)c1C(=O)C(F)(F)F.O=C(CCc1ccccc1)Nc1ccccc1C(=O)C(F)(F)F. The number of hydrogen-bond donors (Lipinski definition) is 2. The Morgan fingerprint density at radius 1 is 0.532 bits per heavy atom. The Morgan fingerprint density at radius 2 is 0.957 bits per heavy atom. The standard InChI is InChI=1S/C17H13ClF3NO2.C17H14F3NO2/c18-12-7-4-8-13(15(12)16(24)17(19,20)21)22-14(23)10-9-11-5-2-1-3-6-11;18-17(19,20)16(23)13-8-4-5-9-14(13)21-15(22)11-10-12-6-2-1-3-7-12/h1-8H,9-10H2,(H,22,23);1-9H,10-11H2,(H,21,22). The van der Waals surface area contributed by atoms with Gasteiger partial charge in [-0.05, 0) is 48.2 Å². The summed E-state index contributed by atoms with van der Waals surface area (Å²) < 4.78 is 75.7. The van der Waals surface area contributed by atoms with Crippen LogP contribution < -0.4 is 10.6 Å². The first-order chi connectivity index (χ1) is 22.2. The Bertz CT molecular complexity index is 1690. The van der Waals surface area contributed by atoms with Crippen LogP contribution in [0.15, 0.2) is 103 Å². The van der Waals surface area contributed by atoms with Gasteiger partial charge in [0.05, 0.1) is 27.5 Å². The molecule has 13 heteroatoms. The lowest BCUT2D eigenvalue weighted by atomic mass is 10.1. The molecule has 0 aliphatic heterocycles. The fourth-order valence-electron chi connectivity index (χ4n) is 4.17. The Labute approximate surface area is 270 Å². The molecule has 0 heterocycles. The fourth-order valence-corrected chi connectivity index (χ4v) is 4.43. The predicted molar refractivity (Wildman–Crippen MR) is 165 cm³/mol. The highest BCUT2D eigenvalue weighted by atomic mass is 35.5. The molecule has 0 aliphatic carbocycles. The van der Waals surface area contributed by atoms with E-state index in [0.717, 1.165) is 17.2 Å². The van der Waals surface area contributed by atoms with Crippen molar-refractivity contribution in [3.8, 4) is 0 Å². The normalized spacial score (nSPS) is 11.1. The lowest BCUT2D eigenvalue weighted by Gasteiger charge is -2.13. The highest BCUT2D eigenvalue weighted by Crippen LogP contribution is 2.32. The van der Waals surface area contributed by atoms with Crippen LogP contribution in [0, 0.1) is 0 Å². The van der Waals surface area contributed by atoms with Crippen LogP contribution in [0.25, 0.3) is 0 Å². The topological polar surface area (TPSA) is 92.3 Å². The summed E-state index contributed by atoms with van der Waals surface area (Å²) in [6.45, 7) is 0. The maximum atomic E-state index is 12.7. The molecule has 4 rings (SSSR count). The minimum atomic E-state index is -5.07. The maximum Gasteiger partial charge on any atom is 0.455 e. The van der Waals surface area contributed by atoms with Crippen LogP contribution in [0.4, 0.5) is 37.7 Å². The number of aryl methyl sites for hydroxylation is 2. The monoisotopic (exact) mass is 676 g/mol. The molecule has 0 spiro atoms. The number of carbonyl (C=O) groups is 4. The number of rotatable bonds is 10.